The first-order valence-corrected chi connectivity index (χ1v) is 7.99. The van der Waals surface area contributed by atoms with E-state index in [-0.39, 0.29) is 40.2 Å². The number of methoxy groups -OCH3 is 3. The number of aromatic hydroxyl groups is 1. The van der Waals surface area contributed by atoms with E-state index >= 15 is 0 Å². The molecule has 1 amide bonds. The minimum Gasteiger partial charge on any atom is -0.503 e. The molecule has 0 aliphatic carbocycles. The van der Waals surface area contributed by atoms with Crippen molar-refractivity contribution in [2.45, 2.75) is 18.2 Å². The molecule has 0 radical (unpaired) electrons. The fraction of sp³-hybridized carbons (Fsp3) is 0.462. The zero-order valence-corrected chi connectivity index (χ0v) is 14.1. The van der Waals surface area contributed by atoms with E-state index in [9.17, 15) is 9.90 Å². The normalized spacial score (nSPS) is 14.6. The quantitative estimate of drug-likeness (QED) is 0.692. The highest BCUT2D eigenvalue weighted by molar-refractivity contribution is 8.26. The van der Waals surface area contributed by atoms with Crippen LogP contribution in [0.5, 0.6) is 23.0 Å². The molecule has 0 saturated heterocycles. The topological polar surface area (TPSA) is 112 Å². The van der Waals surface area contributed by atoms with Crippen molar-refractivity contribution < 1.29 is 28.3 Å². The van der Waals surface area contributed by atoms with Crippen LogP contribution in [-0.4, -0.2) is 39.5 Å². The third kappa shape index (κ3) is 3.32. The van der Waals surface area contributed by atoms with Crippen LogP contribution in [0.3, 0.4) is 0 Å². The Morgan fingerprint density at radius 2 is 1.82 bits per heavy atom. The highest BCUT2D eigenvalue weighted by Gasteiger charge is 2.32. The van der Waals surface area contributed by atoms with Gasteiger partial charge in [0, 0.05) is 23.2 Å². The van der Waals surface area contributed by atoms with Crippen LogP contribution in [-0.2, 0) is 8.98 Å². The van der Waals surface area contributed by atoms with Crippen LogP contribution in [0.2, 0.25) is 0 Å². The molecule has 0 saturated carbocycles. The molecule has 0 fully saturated rings. The van der Waals surface area contributed by atoms with Gasteiger partial charge in [-0.1, -0.05) is 6.92 Å². The molecule has 1 rings (SSSR count). The summed E-state index contributed by atoms with van der Waals surface area (Å²) in [4.78, 5) is 11.8. The molecule has 4 N–H and O–H groups in total. The number of phenolic OH excluding ortho intramolecular Hbond substituents is 1. The maximum Gasteiger partial charge on any atom is 0.231 e. The maximum absolute atomic E-state index is 11.7. The van der Waals surface area contributed by atoms with Crippen LogP contribution in [0, 0.1) is 0 Å². The molecule has 1 atom stereocenters. The number of nitrogens with two attached hydrogens (primary N) is 1. The largest absolute Gasteiger partial charge is 0.503 e. The number of carbonyl (C=O) groups excluding carboxylic acids is 1. The number of benzene rings is 1. The van der Waals surface area contributed by atoms with Crippen LogP contribution >= 0.6 is 10.7 Å². The first-order valence-electron chi connectivity index (χ1n) is 6.37. The van der Waals surface area contributed by atoms with Gasteiger partial charge in [0.2, 0.25) is 17.4 Å². The number of ether oxygens (including phenoxy) is 3. The standard InChI is InChI=1S/C13H22N2O6S/c1-6-10(16)15-22(14,21-5)9-7-8(18-2)12(19-3)13(20-4)11(9)17/h7,17H,6,14H2,1-5H3,(H,15,16). The Balaban J connectivity index is 3.54. The first-order chi connectivity index (χ1) is 10.4. The summed E-state index contributed by atoms with van der Waals surface area (Å²) < 4.78 is 23.4. The van der Waals surface area contributed by atoms with Gasteiger partial charge in [0.1, 0.15) is 0 Å². The number of nitrogens with one attached hydrogen (secondary N) is 1. The van der Waals surface area contributed by atoms with Crippen molar-refractivity contribution in [2.24, 2.45) is 5.14 Å². The zero-order valence-electron chi connectivity index (χ0n) is 13.3. The molecule has 1 aromatic rings. The van der Waals surface area contributed by atoms with Gasteiger partial charge in [-0.05, 0) is 0 Å². The Labute approximate surface area is 131 Å². The molecule has 1 aromatic carbocycles. The summed E-state index contributed by atoms with van der Waals surface area (Å²) in [6, 6.07) is 1.45. The van der Waals surface area contributed by atoms with Crippen molar-refractivity contribution in [3.8, 4) is 23.0 Å². The average molecular weight is 334 g/mol. The number of hydrogen-bond donors (Lipinski definition) is 3. The Morgan fingerprint density at radius 3 is 2.23 bits per heavy atom. The fourth-order valence-corrected chi connectivity index (χ4v) is 3.29. The average Bonchev–Trinajstić information content (AvgIpc) is 2.53. The fourth-order valence-electron chi connectivity index (χ4n) is 1.78. The smallest absolute Gasteiger partial charge is 0.231 e. The second kappa shape index (κ2) is 7.43. The van der Waals surface area contributed by atoms with Gasteiger partial charge in [-0.3, -0.25) is 14.7 Å². The lowest BCUT2D eigenvalue weighted by molar-refractivity contribution is -0.119. The molecule has 0 bridgehead atoms. The third-order valence-corrected chi connectivity index (χ3v) is 4.97. The first kappa shape index (κ1) is 18.2. The monoisotopic (exact) mass is 334 g/mol. The highest BCUT2D eigenvalue weighted by atomic mass is 32.3. The summed E-state index contributed by atoms with van der Waals surface area (Å²) in [6.45, 7) is 1.68. The van der Waals surface area contributed by atoms with Crippen LogP contribution in [0.1, 0.15) is 13.3 Å². The summed E-state index contributed by atoms with van der Waals surface area (Å²) >= 11 is 0. The SMILES string of the molecule is CCC(=O)NS(N)(OC)c1cc(OC)c(OC)c(OC)c1O. The van der Waals surface area contributed by atoms with Crippen molar-refractivity contribution in [2.75, 3.05) is 28.4 Å². The molecular formula is C13H22N2O6S. The molecule has 22 heavy (non-hydrogen) atoms. The number of phenols is 1. The lowest BCUT2D eigenvalue weighted by Gasteiger charge is -2.35. The van der Waals surface area contributed by atoms with Gasteiger partial charge in [0.05, 0.1) is 33.3 Å². The molecule has 0 aliphatic heterocycles. The van der Waals surface area contributed by atoms with Crippen molar-refractivity contribution >= 4 is 16.6 Å². The minimum atomic E-state index is -2.75. The van der Waals surface area contributed by atoms with E-state index in [1.54, 1.807) is 6.92 Å². The van der Waals surface area contributed by atoms with Crippen LogP contribution in [0.15, 0.2) is 11.0 Å². The van der Waals surface area contributed by atoms with Gasteiger partial charge >= 0.3 is 0 Å². The Morgan fingerprint density at radius 1 is 1.23 bits per heavy atom. The van der Waals surface area contributed by atoms with Crippen molar-refractivity contribution in [3.05, 3.63) is 6.07 Å². The van der Waals surface area contributed by atoms with E-state index in [1.807, 2.05) is 0 Å². The van der Waals surface area contributed by atoms with Gasteiger partial charge in [0.15, 0.2) is 11.5 Å². The van der Waals surface area contributed by atoms with Crippen molar-refractivity contribution in [1.29, 1.82) is 0 Å². The molecule has 9 heteroatoms. The van der Waals surface area contributed by atoms with Crippen LogP contribution in [0.4, 0.5) is 0 Å². The highest BCUT2D eigenvalue weighted by Crippen LogP contribution is 2.57. The molecule has 0 spiro atoms. The van der Waals surface area contributed by atoms with Gasteiger partial charge < -0.3 is 23.5 Å². The zero-order chi connectivity index (χ0) is 16.9. The van der Waals surface area contributed by atoms with E-state index in [2.05, 4.69) is 4.72 Å². The minimum absolute atomic E-state index is 0.0435. The number of hydrogen-bond acceptors (Lipinski definition) is 7. The predicted molar refractivity (Wildman–Crippen MR) is 83.2 cm³/mol. The third-order valence-electron chi connectivity index (χ3n) is 2.95. The molecule has 0 aromatic heterocycles. The number of carbonyl (C=O) groups is 1. The maximum atomic E-state index is 11.7. The van der Waals surface area contributed by atoms with Gasteiger partial charge in [-0.2, -0.15) is 0 Å². The molecule has 126 valence electrons. The second-order valence-electron chi connectivity index (χ2n) is 4.14. The summed E-state index contributed by atoms with van der Waals surface area (Å²) in [5, 5.41) is 16.6. The summed E-state index contributed by atoms with van der Waals surface area (Å²) in [6.07, 6.45) is 0.223. The van der Waals surface area contributed by atoms with E-state index in [0.717, 1.165) is 0 Å². The second-order valence-corrected chi connectivity index (χ2v) is 6.32. The predicted octanol–water partition coefficient (Wildman–Crippen LogP) is 1.46. The lowest BCUT2D eigenvalue weighted by Crippen LogP contribution is -2.33. The Hall–Kier alpha value is -1.84. The van der Waals surface area contributed by atoms with Gasteiger partial charge in [0.25, 0.3) is 0 Å². The van der Waals surface area contributed by atoms with Crippen LogP contribution in [0.25, 0.3) is 0 Å². The summed E-state index contributed by atoms with van der Waals surface area (Å²) in [5.74, 6) is -0.0476. The van der Waals surface area contributed by atoms with Gasteiger partial charge in [-0.15, -0.1) is 0 Å². The summed E-state index contributed by atoms with van der Waals surface area (Å²) in [5.41, 5.74) is 0. The van der Waals surface area contributed by atoms with Crippen molar-refractivity contribution in [3.63, 3.8) is 0 Å². The van der Waals surface area contributed by atoms with Crippen molar-refractivity contribution in [1.82, 2.24) is 4.72 Å². The van der Waals surface area contributed by atoms with E-state index < -0.39 is 10.7 Å². The molecule has 1 unspecified atom stereocenters. The Kier molecular flexibility index (Phi) is 6.15. The Bertz CT molecular complexity index is 554. The molecule has 8 nitrogen and oxygen atoms in total. The molecule has 0 heterocycles. The van der Waals surface area contributed by atoms with E-state index in [4.69, 9.17) is 23.5 Å². The molecular weight excluding hydrogens is 312 g/mol. The van der Waals surface area contributed by atoms with Gasteiger partial charge in [-0.25, -0.2) is 0 Å². The number of amides is 1. The summed E-state index contributed by atoms with van der Waals surface area (Å²) in [7, 11) is 2.80. The lowest BCUT2D eigenvalue weighted by atomic mass is 10.2. The van der Waals surface area contributed by atoms with Crippen LogP contribution < -0.4 is 24.1 Å². The number of rotatable bonds is 7. The van der Waals surface area contributed by atoms with E-state index in [0.29, 0.717) is 0 Å². The van der Waals surface area contributed by atoms with E-state index in [1.165, 1.54) is 34.5 Å². The molecule has 0 aliphatic rings.